The highest BCUT2D eigenvalue weighted by Crippen LogP contribution is 2.42. The number of carbonyl (C=O) groups is 2. The van der Waals surface area contributed by atoms with Crippen molar-refractivity contribution >= 4 is 17.5 Å². The van der Waals surface area contributed by atoms with Crippen molar-refractivity contribution in [2.24, 2.45) is 10.9 Å². The molecule has 0 bridgehead atoms. The predicted molar refractivity (Wildman–Crippen MR) is 106 cm³/mol. The van der Waals surface area contributed by atoms with Crippen LogP contribution in [0.15, 0.2) is 71.0 Å². The molecule has 0 spiro atoms. The molecule has 0 radical (unpaired) electrons. The molecule has 1 aliphatic carbocycles. The van der Waals surface area contributed by atoms with E-state index in [2.05, 4.69) is 9.98 Å². The van der Waals surface area contributed by atoms with Crippen LogP contribution in [0.2, 0.25) is 0 Å². The molecule has 5 nitrogen and oxygen atoms in total. The quantitative estimate of drug-likeness (QED) is 0.759. The Morgan fingerprint density at radius 1 is 1.11 bits per heavy atom. The van der Waals surface area contributed by atoms with Gasteiger partial charge in [-0.05, 0) is 37.5 Å². The van der Waals surface area contributed by atoms with Gasteiger partial charge in [0.15, 0.2) is 5.78 Å². The number of nitrogens with zero attached hydrogens (tertiary/aromatic N) is 2. The normalized spacial score (nSPS) is 21.8. The first kappa shape index (κ1) is 18.3. The summed E-state index contributed by atoms with van der Waals surface area (Å²) in [5.74, 6) is -1.39. The second-order valence-electron chi connectivity index (χ2n) is 7.19. The molecule has 2 atom stereocenters. The standard InChI is InChI=1S/C23H22N2O3/c1-15-20(23(27)28-14-16-8-3-2-4-9-16)22(17-10-5-6-13-24-17)21-18(25-15)11-7-12-19(21)26/h2-6,8-10,13,20,22H,7,11-12,14H2,1H3/t20?,22-/m0/s1. The third-order valence-electron chi connectivity index (χ3n) is 5.32. The summed E-state index contributed by atoms with van der Waals surface area (Å²) in [6.07, 6.45) is 3.73. The Labute approximate surface area is 164 Å². The number of pyridine rings is 1. The minimum absolute atomic E-state index is 0.0639. The average Bonchev–Trinajstić information content (AvgIpc) is 2.72. The van der Waals surface area contributed by atoms with Gasteiger partial charge in [-0.25, -0.2) is 0 Å². The highest BCUT2D eigenvalue weighted by Gasteiger charge is 2.43. The summed E-state index contributed by atoms with van der Waals surface area (Å²) in [5.41, 5.74) is 3.75. The summed E-state index contributed by atoms with van der Waals surface area (Å²) in [7, 11) is 0. The summed E-state index contributed by atoms with van der Waals surface area (Å²) in [6, 6.07) is 15.1. The third kappa shape index (κ3) is 3.52. The molecule has 2 heterocycles. The Balaban J connectivity index is 1.68. The molecule has 1 aromatic heterocycles. The number of carbonyl (C=O) groups excluding carboxylic acids is 2. The summed E-state index contributed by atoms with van der Waals surface area (Å²) in [4.78, 5) is 34.9. The fourth-order valence-electron chi connectivity index (χ4n) is 4.01. The Morgan fingerprint density at radius 3 is 2.64 bits per heavy atom. The van der Waals surface area contributed by atoms with E-state index < -0.39 is 11.8 Å². The molecule has 0 fully saturated rings. The Bertz CT molecular complexity index is 948. The lowest BCUT2D eigenvalue weighted by Crippen LogP contribution is -2.37. The molecule has 1 aromatic carbocycles. The second-order valence-corrected chi connectivity index (χ2v) is 7.19. The number of aromatic nitrogens is 1. The fraction of sp³-hybridized carbons (Fsp3) is 0.304. The fourth-order valence-corrected chi connectivity index (χ4v) is 4.01. The van der Waals surface area contributed by atoms with Crippen LogP contribution in [0.5, 0.6) is 0 Å². The van der Waals surface area contributed by atoms with Gasteiger partial charge < -0.3 is 4.74 Å². The molecule has 0 saturated heterocycles. The number of aliphatic imine (C=N–C) groups is 1. The zero-order valence-electron chi connectivity index (χ0n) is 15.8. The van der Waals surface area contributed by atoms with E-state index in [4.69, 9.17) is 4.74 Å². The van der Waals surface area contributed by atoms with Crippen LogP contribution in [0.4, 0.5) is 0 Å². The highest BCUT2D eigenvalue weighted by atomic mass is 16.5. The molecule has 0 saturated carbocycles. The number of ketones is 1. The highest BCUT2D eigenvalue weighted by molar-refractivity contribution is 6.08. The van der Waals surface area contributed by atoms with Crippen LogP contribution in [0.25, 0.3) is 0 Å². The van der Waals surface area contributed by atoms with Crippen molar-refractivity contribution in [3.05, 3.63) is 77.3 Å². The number of hydrogen-bond acceptors (Lipinski definition) is 5. The molecular weight excluding hydrogens is 352 g/mol. The van der Waals surface area contributed by atoms with Crippen LogP contribution < -0.4 is 0 Å². The maximum absolute atomic E-state index is 13.1. The van der Waals surface area contributed by atoms with E-state index in [0.29, 0.717) is 23.4 Å². The second kappa shape index (κ2) is 7.89. The van der Waals surface area contributed by atoms with E-state index in [1.54, 1.807) is 6.20 Å². The van der Waals surface area contributed by atoms with Gasteiger partial charge in [0, 0.05) is 35.3 Å². The van der Waals surface area contributed by atoms with Crippen molar-refractivity contribution in [2.75, 3.05) is 0 Å². The van der Waals surface area contributed by atoms with E-state index in [9.17, 15) is 9.59 Å². The first-order valence-corrected chi connectivity index (χ1v) is 9.58. The Hall–Kier alpha value is -3.08. The minimum atomic E-state index is -0.639. The van der Waals surface area contributed by atoms with Gasteiger partial charge in [0.05, 0.1) is 5.92 Å². The summed E-state index contributed by atoms with van der Waals surface area (Å²) in [6.45, 7) is 2.03. The van der Waals surface area contributed by atoms with Gasteiger partial charge in [0.2, 0.25) is 0 Å². The van der Waals surface area contributed by atoms with Crippen molar-refractivity contribution in [1.82, 2.24) is 4.98 Å². The molecule has 142 valence electrons. The van der Waals surface area contributed by atoms with Gasteiger partial charge >= 0.3 is 5.97 Å². The van der Waals surface area contributed by atoms with E-state index in [-0.39, 0.29) is 18.4 Å². The summed E-state index contributed by atoms with van der Waals surface area (Å²) < 4.78 is 5.62. The molecule has 1 aliphatic heterocycles. The van der Waals surface area contributed by atoms with E-state index in [1.807, 2.05) is 55.5 Å². The molecule has 1 unspecified atom stereocenters. The van der Waals surface area contributed by atoms with Crippen molar-refractivity contribution < 1.29 is 14.3 Å². The number of hydrogen-bond donors (Lipinski definition) is 0. The SMILES string of the molecule is CC1=NC2=C(C(=O)CCC2)[C@@H](c2ccccn2)C1C(=O)OCc1ccccc1. The smallest absolute Gasteiger partial charge is 0.316 e. The van der Waals surface area contributed by atoms with Gasteiger partial charge in [-0.2, -0.15) is 0 Å². The number of esters is 1. The predicted octanol–water partition coefficient (Wildman–Crippen LogP) is 4.01. The van der Waals surface area contributed by atoms with Crippen molar-refractivity contribution in [3.8, 4) is 0 Å². The van der Waals surface area contributed by atoms with E-state index in [0.717, 1.165) is 24.1 Å². The van der Waals surface area contributed by atoms with E-state index >= 15 is 0 Å². The monoisotopic (exact) mass is 374 g/mol. The van der Waals surface area contributed by atoms with E-state index in [1.165, 1.54) is 0 Å². The molecule has 2 aromatic rings. The van der Waals surface area contributed by atoms with Crippen LogP contribution in [0.1, 0.15) is 43.4 Å². The van der Waals surface area contributed by atoms with Crippen molar-refractivity contribution in [2.45, 2.75) is 38.7 Å². The lowest BCUT2D eigenvalue weighted by Gasteiger charge is -2.33. The largest absolute Gasteiger partial charge is 0.460 e. The van der Waals surface area contributed by atoms with Gasteiger partial charge in [0.25, 0.3) is 0 Å². The van der Waals surface area contributed by atoms with Gasteiger partial charge in [0.1, 0.15) is 12.5 Å². The zero-order valence-corrected chi connectivity index (χ0v) is 15.8. The number of Topliss-reactive ketones (excluding diaryl/α,β-unsaturated/α-hetero) is 1. The van der Waals surface area contributed by atoms with Crippen LogP contribution >= 0.6 is 0 Å². The molecule has 2 aliphatic rings. The molecule has 28 heavy (non-hydrogen) atoms. The first-order valence-electron chi connectivity index (χ1n) is 9.58. The number of allylic oxidation sites excluding steroid dienone is 2. The Morgan fingerprint density at radius 2 is 1.89 bits per heavy atom. The molecule has 0 N–H and O–H groups in total. The molecule has 5 heteroatoms. The van der Waals surface area contributed by atoms with Crippen LogP contribution in [-0.4, -0.2) is 22.4 Å². The topological polar surface area (TPSA) is 68.6 Å². The Kier molecular flexibility index (Phi) is 5.15. The van der Waals surface area contributed by atoms with Crippen molar-refractivity contribution in [3.63, 3.8) is 0 Å². The minimum Gasteiger partial charge on any atom is -0.460 e. The number of ether oxygens (including phenoxy) is 1. The van der Waals surface area contributed by atoms with Gasteiger partial charge in [-0.15, -0.1) is 0 Å². The maximum atomic E-state index is 13.1. The number of rotatable bonds is 4. The molecular formula is C23H22N2O3. The third-order valence-corrected chi connectivity index (χ3v) is 5.32. The number of benzene rings is 1. The van der Waals surface area contributed by atoms with Crippen LogP contribution in [-0.2, 0) is 20.9 Å². The average molecular weight is 374 g/mol. The summed E-state index contributed by atoms with van der Waals surface area (Å²) in [5, 5.41) is 0. The lowest BCUT2D eigenvalue weighted by molar-refractivity contribution is -0.148. The molecule has 4 rings (SSSR count). The van der Waals surface area contributed by atoms with Crippen molar-refractivity contribution in [1.29, 1.82) is 0 Å². The van der Waals surface area contributed by atoms with Crippen LogP contribution in [0.3, 0.4) is 0 Å². The summed E-state index contributed by atoms with van der Waals surface area (Å²) >= 11 is 0. The van der Waals surface area contributed by atoms with Gasteiger partial charge in [-0.3, -0.25) is 19.6 Å². The van der Waals surface area contributed by atoms with Gasteiger partial charge in [-0.1, -0.05) is 36.4 Å². The lowest BCUT2D eigenvalue weighted by atomic mass is 9.73. The maximum Gasteiger partial charge on any atom is 0.316 e. The van der Waals surface area contributed by atoms with Crippen LogP contribution in [0, 0.1) is 5.92 Å². The zero-order chi connectivity index (χ0) is 19.5. The molecule has 0 amide bonds. The first-order chi connectivity index (χ1) is 13.6.